The summed E-state index contributed by atoms with van der Waals surface area (Å²) >= 11 is 5.14. The highest BCUT2D eigenvalue weighted by Gasteiger charge is 2.11. The van der Waals surface area contributed by atoms with Crippen LogP contribution in [0.1, 0.15) is 5.56 Å². The Kier molecular flexibility index (Phi) is 4.41. The van der Waals surface area contributed by atoms with Crippen LogP contribution in [-0.2, 0) is 12.8 Å². The van der Waals surface area contributed by atoms with E-state index >= 15 is 0 Å². The second-order valence-corrected chi connectivity index (χ2v) is 6.50. The average Bonchev–Trinajstić information content (AvgIpc) is 2.88. The van der Waals surface area contributed by atoms with E-state index in [0.717, 1.165) is 26.8 Å². The molecule has 1 heterocycles. The smallest absolute Gasteiger partial charge is 0.191 e. The van der Waals surface area contributed by atoms with Crippen molar-refractivity contribution in [1.82, 2.24) is 14.8 Å². The van der Waals surface area contributed by atoms with Crippen LogP contribution in [0.2, 0.25) is 0 Å². The van der Waals surface area contributed by atoms with Crippen LogP contribution in [0, 0.1) is 0 Å². The number of halogens is 1. The predicted molar refractivity (Wildman–Crippen MR) is 90.1 cm³/mol. The molecule has 5 heteroatoms. The number of hydrogen-bond acceptors (Lipinski definition) is 3. The summed E-state index contributed by atoms with van der Waals surface area (Å²) in [6.45, 7) is 0. The Balaban J connectivity index is 1.78. The van der Waals surface area contributed by atoms with Crippen molar-refractivity contribution < 1.29 is 0 Å². The topological polar surface area (TPSA) is 30.7 Å². The Bertz CT molecular complexity index is 723. The molecule has 0 unspecified atom stereocenters. The Morgan fingerprint density at radius 3 is 2.43 bits per heavy atom. The number of thioether (sulfide) groups is 1. The van der Waals surface area contributed by atoms with Gasteiger partial charge >= 0.3 is 0 Å². The second-order valence-electron chi connectivity index (χ2n) is 4.65. The van der Waals surface area contributed by atoms with Crippen LogP contribution in [0.4, 0.5) is 0 Å². The Morgan fingerprint density at radius 2 is 1.71 bits per heavy atom. The van der Waals surface area contributed by atoms with E-state index in [1.165, 1.54) is 5.56 Å². The summed E-state index contributed by atoms with van der Waals surface area (Å²) in [4.78, 5) is 0. The fraction of sp³-hybridized carbons (Fsp3) is 0.125. The van der Waals surface area contributed by atoms with E-state index in [-0.39, 0.29) is 0 Å². The van der Waals surface area contributed by atoms with Crippen LogP contribution in [0.3, 0.4) is 0 Å². The Morgan fingerprint density at radius 1 is 1.00 bits per heavy atom. The summed E-state index contributed by atoms with van der Waals surface area (Å²) in [5.41, 5.74) is 2.36. The highest BCUT2D eigenvalue weighted by atomic mass is 79.9. The van der Waals surface area contributed by atoms with Gasteiger partial charge in [0.05, 0.1) is 0 Å². The molecule has 0 radical (unpaired) electrons. The fourth-order valence-electron chi connectivity index (χ4n) is 2.01. The molecule has 2 aromatic carbocycles. The van der Waals surface area contributed by atoms with Gasteiger partial charge in [0.15, 0.2) is 11.0 Å². The summed E-state index contributed by atoms with van der Waals surface area (Å²) < 4.78 is 3.10. The van der Waals surface area contributed by atoms with Gasteiger partial charge in [-0.15, -0.1) is 10.2 Å². The van der Waals surface area contributed by atoms with Gasteiger partial charge in [-0.2, -0.15) is 0 Å². The maximum absolute atomic E-state index is 4.30. The molecule has 3 nitrogen and oxygen atoms in total. The molecule has 0 atom stereocenters. The maximum atomic E-state index is 4.30. The lowest BCUT2D eigenvalue weighted by atomic mass is 10.2. The monoisotopic (exact) mass is 359 g/mol. The van der Waals surface area contributed by atoms with Crippen LogP contribution in [0.5, 0.6) is 0 Å². The van der Waals surface area contributed by atoms with Crippen molar-refractivity contribution >= 4 is 27.7 Å². The number of aromatic nitrogens is 3. The van der Waals surface area contributed by atoms with Gasteiger partial charge in [-0.05, 0) is 17.7 Å². The van der Waals surface area contributed by atoms with Crippen LogP contribution in [0.15, 0.2) is 64.2 Å². The third-order valence-electron chi connectivity index (χ3n) is 3.15. The van der Waals surface area contributed by atoms with Gasteiger partial charge in [0, 0.05) is 22.8 Å². The lowest BCUT2D eigenvalue weighted by Gasteiger charge is -2.04. The van der Waals surface area contributed by atoms with Crippen molar-refractivity contribution in [2.24, 2.45) is 7.05 Å². The summed E-state index contributed by atoms with van der Waals surface area (Å²) in [7, 11) is 2.00. The van der Waals surface area contributed by atoms with Gasteiger partial charge in [-0.1, -0.05) is 70.2 Å². The molecule has 0 fully saturated rings. The van der Waals surface area contributed by atoms with E-state index < -0.39 is 0 Å². The molecule has 3 rings (SSSR count). The highest BCUT2D eigenvalue weighted by Crippen LogP contribution is 2.25. The molecule has 0 aliphatic heterocycles. The zero-order valence-electron chi connectivity index (χ0n) is 11.5. The third-order valence-corrected chi connectivity index (χ3v) is 4.77. The predicted octanol–water partition coefficient (Wildman–Crippen LogP) is 4.54. The van der Waals surface area contributed by atoms with Crippen molar-refractivity contribution in [3.8, 4) is 11.4 Å². The zero-order valence-corrected chi connectivity index (χ0v) is 13.9. The standard InChI is InChI=1S/C16H14BrN3S/c1-20-15(13-7-9-14(17)10-8-13)18-19-16(20)21-11-12-5-3-2-4-6-12/h2-10H,11H2,1H3. The first kappa shape index (κ1) is 14.4. The Hall–Kier alpha value is -1.59. The molecule has 0 aliphatic carbocycles. The van der Waals surface area contributed by atoms with Crippen LogP contribution < -0.4 is 0 Å². The average molecular weight is 360 g/mol. The quantitative estimate of drug-likeness (QED) is 0.640. The first-order chi connectivity index (χ1) is 10.2. The maximum Gasteiger partial charge on any atom is 0.191 e. The van der Waals surface area contributed by atoms with Crippen molar-refractivity contribution in [2.75, 3.05) is 0 Å². The molecule has 0 saturated heterocycles. The molecule has 21 heavy (non-hydrogen) atoms. The SMILES string of the molecule is Cn1c(SCc2ccccc2)nnc1-c1ccc(Br)cc1. The molecule has 106 valence electrons. The summed E-state index contributed by atoms with van der Waals surface area (Å²) in [5.74, 6) is 1.78. The molecular formula is C16H14BrN3S. The molecule has 0 aliphatic rings. The first-order valence-electron chi connectivity index (χ1n) is 6.56. The molecule has 0 amide bonds. The number of hydrogen-bond donors (Lipinski definition) is 0. The second kappa shape index (κ2) is 6.45. The number of nitrogens with zero attached hydrogens (tertiary/aromatic N) is 3. The summed E-state index contributed by atoms with van der Waals surface area (Å²) in [6.07, 6.45) is 0. The minimum Gasteiger partial charge on any atom is -0.305 e. The summed E-state index contributed by atoms with van der Waals surface area (Å²) in [5, 5.41) is 9.53. The molecular weight excluding hydrogens is 346 g/mol. The van der Waals surface area contributed by atoms with Crippen molar-refractivity contribution in [1.29, 1.82) is 0 Å². The lowest BCUT2D eigenvalue weighted by Crippen LogP contribution is -1.95. The van der Waals surface area contributed by atoms with E-state index in [4.69, 9.17) is 0 Å². The van der Waals surface area contributed by atoms with Gasteiger partial charge in [0.2, 0.25) is 0 Å². The Labute approximate surface area is 136 Å². The fourth-order valence-corrected chi connectivity index (χ4v) is 3.14. The molecule has 1 aromatic heterocycles. The minimum absolute atomic E-state index is 0.887. The van der Waals surface area contributed by atoms with E-state index in [0.29, 0.717) is 0 Å². The van der Waals surface area contributed by atoms with Gasteiger partial charge in [-0.3, -0.25) is 0 Å². The largest absolute Gasteiger partial charge is 0.305 e. The minimum atomic E-state index is 0.887. The normalized spacial score (nSPS) is 10.8. The molecule has 0 N–H and O–H groups in total. The highest BCUT2D eigenvalue weighted by molar-refractivity contribution is 9.10. The van der Waals surface area contributed by atoms with E-state index in [1.54, 1.807) is 11.8 Å². The lowest BCUT2D eigenvalue weighted by molar-refractivity contribution is 0.794. The van der Waals surface area contributed by atoms with Gasteiger partial charge in [0.1, 0.15) is 0 Å². The van der Waals surface area contributed by atoms with Crippen molar-refractivity contribution in [3.63, 3.8) is 0 Å². The molecule has 0 spiro atoms. The van der Waals surface area contributed by atoms with Crippen molar-refractivity contribution in [3.05, 3.63) is 64.6 Å². The van der Waals surface area contributed by atoms with Crippen LogP contribution in [0.25, 0.3) is 11.4 Å². The zero-order chi connectivity index (χ0) is 14.7. The van der Waals surface area contributed by atoms with Gasteiger partial charge in [0.25, 0.3) is 0 Å². The summed E-state index contributed by atoms with van der Waals surface area (Å²) in [6, 6.07) is 18.5. The van der Waals surface area contributed by atoms with Crippen LogP contribution >= 0.6 is 27.7 Å². The third kappa shape index (κ3) is 3.36. The van der Waals surface area contributed by atoms with Gasteiger partial charge in [-0.25, -0.2) is 0 Å². The van der Waals surface area contributed by atoms with E-state index in [1.807, 2.05) is 41.9 Å². The van der Waals surface area contributed by atoms with Gasteiger partial charge < -0.3 is 4.57 Å². The van der Waals surface area contributed by atoms with Crippen molar-refractivity contribution in [2.45, 2.75) is 10.9 Å². The first-order valence-corrected chi connectivity index (χ1v) is 8.34. The van der Waals surface area contributed by atoms with E-state index in [2.05, 4.69) is 50.4 Å². The molecule has 3 aromatic rings. The molecule has 0 bridgehead atoms. The number of rotatable bonds is 4. The number of benzene rings is 2. The van der Waals surface area contributed by atoms with E-state index in [9.17, 15) is 0 Å². The molecule has 0 saturated carbocycles. The van der Waals surface area contributed by atoms with Crippen LogP contribution in [-0.4, -0.2) is 14.8 Å².